The van der Waals surface area contributed by atoms with Gasteiger partial charge in [-0.3, -0.25) is 9.71 Å². The smallest absolute Gasteiger partial charge is 0.261 e. The molecule has 0 spiro atoms. The Morgan fingerprint density at radius 2 is 2.05 bits per heavy atom. The summed E-state index contributed by atoms with van der Waals surface area (Å²) >= 11 is 0. The molecule has 1 aromatic carbocycles. The van der Waals surface area contributed by atoms with Gasteiger partial charge in [0, 0.05) is 12.2 Å². The summed E-state index contributed by atoms with van der Waals surface area (Å²) in [5, 5.41) is 0. The molecule has 1 atom stereocenters. The Morgan fingerprint density at radius 3 is 2.71 bits per heavy atom. The molecule has 112 valence electrons. The molecule has 0 radical (unpaired) electrons. The molecule has 0 bridgehead atoms. The number of sulfonamides is 1. The van der Waals surface area contributed by atoms with Crippen molar-refractivity contribution >= 4 is 15.7 Å². The summed E-state index contributed by atoms with van der Waals surface area (Å²) in [4.78, 5) is 4.27. The van der Waals surface area contributed by atoms with E-state index in [1.807, 2.05) is 13.0 Å². The molecule has 0 aliphatic heterocycles. The van der Waals surface area contributed by atoms with Gasteiger partial charge >= 0.3 is 0 Å². The monoisotopic (exact) mass is 305 g/mol. The van der Waals surface area contributed by atoms with Crippen molar-refractivity contribution in [2.45, 2.75) is 31.2 Å². The van der Waals surface area contributed by atoms with Gasteiger partial charge < -0.3 is 5.73 Å². The van der Waals surface area contributed by atoms with Crippen molar-refractivity contribution in [2.24, 2.45) is 5.73 Å². The van der Waals surface area contributed by atoms with Crippen molar-refractivity contribution in [2.75, 3.05) is 4.72 Å². The van der Waals surface area contributed by atoms with Crippen molar-refractivity contribution in [3.05, 3.63) is 53.9 Å². The van der Waals surface area contributed by atoms with Crippen LogP contribution >= 0.6 is 0 Å². The minimum Gasteiger partial charge on any atom is -0.324 e. The molecule has 0 amide bonds. The predicted molar refractivity (Wildman–Crippen MR) is 83.4 cm³/mol. The molecule has 3 N–H and O–H groups in total. The highest BCUT2D eigenvalue weighted by molar-refractivity contribution is 7.92. The standard InChI is InChI=1S/C15H19N3O2S/c1-3-14(16)12-6-4-7-13(10-12)21(19,20)18-15-8-5-9-17-11(15)2/h4-10,14,18H,3,16H2,1-2H3. The van der Waals surface area contributed by atoms with Crippen LogP contribution in [0.25, 0.3) is 0 Å². The SMILES string of the molecule is CCC(N)c1cccc(S(=O)(=O)Nc2cccnc2C)c1. The Bertz CT molecular complexity index is 729. The van der Waals surface area contributed by atoms with Gasteiger partial charge in [-0.2, -0.15) is 0 Å². The lowest BCUT2D eigenvalue weighted by atomic mass is 10.1. The van der Waals surface area contributed by atoms with Crippen LogP contribution in [0.5, 0.6) is 0 Å². The van der Waals surface area contributed by atoms with Crippen LogP contribution < -0.4 is 10.5 Å². The van der Waals surface area contributed by atoms with E-state index in [9.17, 15) is 8.42 Å². The van der Waals surface area contributed by atoms with E-state index in [4.69, 9.17) is 5.73 Å². The first-order valence-electron chi connectivity index (χ1n) is 6.74. The van der Waals surface area contributed by atoms with Gasteiger partial charge in [0.25, 0.3) is 10.0 Å². The minimum atomic E-state index is -3.65. The van der Waals surface area contributed by atoms with Crippen molar-refractivity contribution in [1.29, 1.82) is 0 Å². The molecule has 1 unspecified atom stereocenters. The fourth-order valence-corrected chi connectivity index (χ4v) is 3.12. The summed E-state index contributed by atoms with van der Waals surface area (Å²) in [6.45, 7) is 3.71. The van der Waals surface area contributed by atoms with Crippen LogP contribution in [0.2, 0.25) is 0 Å². The van der Waals surface area contributed by atoms with Crippen molar-refractivity contribution in [3.8, 4) is 0 Å². The maximum absolute atomic E-state index is 12.4. The largest absolute Gasteiger partial charge is 0.324 e. The Balaban J connectivity index is 2.34. The van der Waals surface area contributed by atoms with E-state index < -0.39 is 10.0 Å². The maximum atomic E-state index is 12.4. The molecule has 0 saturated carbocycles. The predicted octanol–water partition coefficient (Wildman–Crippen LogP) is 2.60. The Kier molecular flexibility index (Phi) is 4.59. The minimum absolute atomic E-state index is 0.166. The summed E-state index contributed by atoms with van der Waals surface area (Å²) in [5.74, 6) is 0. The number of aromatic nitrogens is 1. The number of aryl methyl sites for hydroxylation is 1. The average Bonchev–Trinajstić information content (AvgIpc) is 2.49. The quantitative estimate of drug-likeness (QED) is 0.889. The van der Waals surface area contributed by atoms with E-state index in [0.717, 1.165) is 12.0 Å². The van der Waals surface area contributed by atoms with Crippen LogP contribution in [-0.2, 0) is 10.0 Å². The third-order valence-corrected chi connectivity index (χ3v) is 4.65. The van der Waals surface area contributed by atoms with Crippen LogP contribution in [-0.4, -0.2) is 13.4 Å². The number of nitrogens with zero attached hydrogens (tertiary/aromatic N) is 1. The van der Waals surface area contributed by atoms with Gasteiger partial charge in [-0.15, -0.1) is 0 Å². The highest BCUT2D eigenvalue weighted by Gasteiger charge is 2.16. The van der Waals surface area contributed by atoms with Crippen LogP contribution in [0.15, 0.2) is 47.5 Å². The molecule has 0 fully saturated rings. The number of hydrogen-bond donors (Lipinski definition) is 2. The molecule has 0 aliphatic rings. The highest BCUT2D eigenvalue weighted by Crippen LogP contribution is 2.21. The molecule has 2 aromatic rings. The van der Waals surface area contributed by atoms with Gasteiger partial charge in [0.2, 0.25) is 0 Å². The zero-order valence-electron chi connectivity index (χ0n) is 12.1. The Labute approximate surface area is 125 Å². The molecule has 5 nitrogen and oxygen atoms in total. The third-order valence-electron chi connectivity index (χ3n) is 3.29. The van der Waals surface area contributed by atoms with E-state index in [1.165, 1.54) is 0 Å². The topological polar surface area (TPSA) is 85.1 Å². The zero-order chi connectivity index (χ0) is 15.5. The Hall–Kier alpha value is -1.92. The number of nitrogens with two attached hydrogens (primary N) is 1. The summed E-state index contributed by atoms with van der Waals surface area (Å²) < 4.78 is 27.4. The van der Waals surface area contributed by atoms with Gasteiger partial charge in [0.05, 0.1) is 16.3 Å². The van der Waals surface area contributed by atoms with E-state index in [1.54, 1.807) is 43.5 Å². The van der Waals surface area contributed by atoms with Crippen LogP contribution in [0.1, 0.15) is 30.6 Å². The van der Waals surface area contributed by atoms with Crippen LogP contribution in [0.3, 0.4) is 0 Å². The lowest BCUT2D eigenvalue weighted by Gasteiger charge is -2.13. The van der Waals surface area contributed by atoms with Gasteiger partial charge in [0.15, 0.2) is 0 Å². The molecule has 0 saturated heterocycles. The average molecular weight is 305 g/mol. The van der Waals surface area contributed by atoms with Gasteiger partial charge in [0.1, 0.15) is 0 Å². The molecule has 1 heterocycles. The third kappa shape index (κ3) is 3.59. The van der Waals surface area contributed by atoms with Gasteiger partial charge in [-0.1, -0.05) is 19.1 Å². The first-order chi connectivity index (χ1) is 9.94. The van der Waals surface area contributed by atoms with Crippen LogP contribution in [0, 0.1) is 6.92 Å². The van der Waals surface area contributed by atoms with Gasteiger partial charge in [-0.05, 0) is 43.2 Å². The molecule has 1 aromatic heterocycles. The summed E-state index contributed by atoms with van der Waals surface area (Å²) in [6, 6.07) is 9.91. The molecule has 6 heteroatoms. The molecular formula is C15H19N3O2S. The summed E-state index contributed by atoms with van der Waals surface area (Å²) in [7, 11) is -3.65. The zero-order valence-corrected chi connectivity index (χ0v) is 12.9. The molecular weight excluding hydrogens is 286 g/mol. The number of nitrogens with one attached hydrogen (secondary N) is 1. The van der Waals surface area contributed by atoms with E-state index >= 15 is 0 Å². The number of hydrogen-bond acceptors (Lipinski definition) is 4. The van der Waals surface area contributed by atoms with Crippen molar-refractivity contribution < 1.29 is 8.42 Å². The number of benzene rings is 1. The fourth-order valence-electron chi connectivity index (χ4n) is 1.94. The van der Waals surface area contributed by atoms with Gasteiger partial charge in [-0.25, -0.2) is 8.42 Å². The lowest BCUT2D eigenvalue weighted by molar-refractivity contribution is 0.600. The second kappa shape index (κ2) is 6.24. The van der Waals surface area contributed by atoms with E-state index in [0.29, 0.717) is 11.4 Å². The number of rotatable bonds is 5. The van der Waals surface area contributed by atoms with E-state index in [-0.39, 0.29) is 10.9 Å². The summed E-state index contributed by atoms with van der Waals surface area (Å²) in [6.07, 6.45) is 2.37. The number of anilines is 1. The lowest BCUT2D eigenvalue weighted by Crippen LogP contribution is -2.15. The maximum Gasteiger partial charge on any atom is 0.261 e. The van der Waals surface area contributed by atoms with Crippen molar-refractivity contribution in [1.82, 2.24) is 4.98 Å². The second-order valence-corrected chi connectivity index (χ2v) is 6.51. The highest BCUT2D eigenvalue weighted by atomic mass is 32.2. The fraction of sp³-hybridized carbons (Fsp3) is 0.267. The normalized spacial score (nSPS) is 12.9. The first-order valence-corrected chi connectivity index (χ1v) is 8.22. The van der Waals surface area contributed by atoms with Crippen LogP contribution in [0.4, 0.5) is 5.69 Å². The number of pyridine rings is 1. The molecule has 21 heavy (non-hydrogen) atoms. The Morgan fingerprint density at radius 1 is 1.29 bits per heavy atom. The second-order valence-electron chi connectivity index (χ2n) is 4.83. The van der Waals surface area contributed by atoms with Crippen molar-refractivity contribution in [3.63, 3.8) is 0 Å². The first kappa shape index (κ1) is 15.5. The van der Waals surface area contributed by atoms with E-state index in [2.05, 4.69) is 9.71 Å². The molecule has 0 aliphatic carbocycles. The summed E-state index contributed by atoms with van der Waals surface area (Å²) in [5.41, 5.74) is 7.87. The molecule has 2 rings (SSSR count).